The second kappa shape index (κ2) is 6.69. The molecule has 0 heterocycles. The number of hydrogen-bond acceptors (Lipinski definition) is 1. The Labute approximate surface area is 109 Å². The molecule has 0 fully saturated rings. The number of allylic oxidation sites excluding steroid dienone is 1. The predicted octanol–water partition coefficient (Wildman–Crippen LogP) is 4.37. The fourth-order valence-corrected chi connectivity index (χ4v) is 2.53. The van der Waals surface area contributed by atoms with E-state index in [2.05, 4.69) is 18.3 Å². The zero-order valence-electron chi connectivity index (χ0n) is 11.1. The molecule has 1 aliphatic carbocycles. The Morgan fingerprint density at radius 2 is 2.00 bits per heavy atom. The molecule has 1 nitrogen and oxygen atoms in total. The van der Waals surface area contributed by atoms with E-state index in [0.29, 0.717) is 0 Å². The van der Waals surface area contributed by atoms with Gasteiger partial charge in [0.2, 0.25) is 0 Å². The number of benzene rings is 1. The standard InChI is InChI=1S/C16H22FN/c1-2-12-18-16(13-6-4-3-5-7-13)14-8-10-15(17)11-9-14/h6,8-11,16,18H,2-5,7,12H2,1H3. The summed E-state index contributed by atoms with van der Waals surface area (Å²) in [6, 6.07) is 7.18. The molecule has 2 rings (SSSR count). The van der Waals surface area contributed by atoms with Crippen molar-refractivity contribution in [3.8, 4) is 0 Å². The molecule has 0 aromatic heterocycles. The van der Waals surface area contributed by atoms with Gasteiger partial charge in [-0.1, -0.05) is 30.7 Å². The molecule has 0 aliphatic heterocycles. The van der Waals surface area contributed by atoms with Gasteiger partial charge in [0.15, 0.2) is 0 Å². The topological polar surface area (TPSA) is 12.0 Å². The van der Waals surface area contributed by atoms with Crippen LogP contribution in [0.1, 0.15) is 50.6 Å². The molecule has 0 radical (unpaired) electrons. The van der Waals surface area contributed by atoms with Crippen LogP contribution in [0.5, 0.6) is 0 Å². The summed E-state index contributed by atoms with van der Waals surface area (Å²) in [5.41, 5.74) is 2.65. The maximum atomic E-state index is 13.0. The monoisotopic (exact) mass is 247 g/mol. The lowest BCUT2D eigenvalue weighted by Gasteiger charge is -2.25. The van der Waals surface area contributed by atoms with Gasteiger partial charge in [-0.25, -0.2) is 4.39 Å². The summed E-state index contributed by atoms with van der Waals surface area (Å²) >= 11 is 0. The van der Waals surface area contributed by atoms with Crippen LogP contribution in [0.15, 0.2) is 35.9 Å². The fourth-order valence-electron chi connectivity index (χ4n) is 2.53. The first kappa shape index (κ1) is 13.3. The van der Waals surface area contributed by atoms with Gasteiger partial charge in [0.05, 0.1) is 6.04 Å². The molecule has 2 heteroatoms. The summed E-state index contributed by atoms with van der Waals surface area (Å²) in [6.07, 6.45) is 8.40. The van der Waals surface area contributed by atoms with E-state index >= 15 is 0 Å². The van der Waals surface area contributed by atoms with Crippen molar-refractivity contribution >= 4 is 0 Å². The summed E-state index contributed by atoms with van der Waals surface area (Å²) in [4.78, 5) is 0. The van der Waals surface area contributed by atoms with Crippen LogP contribution >= 0.6 is 0 Å². The van der Waals surface area contributed by atoms with Crippen molar-refractivity contribution in [2.75, 3.05) is 6.54 Å². The zero-order chi connectivity index (χ0) is 12.8. The first-order chi connectivity index (χ1) is 8.81. The summed E-state index contributed by atoms with van der Waals surface area (Å²) in [7, 11) is 0. The minimum Gasteiger partial charge on any atom is -0.307 e. The van der Waals surface area contributed by atoms with Crippen LogP contribution < -0.4 is 5.32 Å². The van der Waals surface area contributed by atoms with Crippen molar-refractivity contribution in [3.05, 3.63) is 47.3 Å². The van der Waals surface area contributed by atoms with Crippen molar-refractivity contribution in [1.82, 2.24) is 5.32 Å². The smallest absolute Gasteiger partial charge is 0.123 e. The third-order valence-electron chi connectivity index (χ3n) is 3.50. The Kier molecular flexibility index (Phi) is 4.94. The molecule has 0 amide bonds. The highest BCUT2D eigenvalue weighted by Crippen LogP contribution is 2.29. The fraction of sp³-hybridized carbons (Fsp3) is 0.500. The maximum absolute atomic E-state index is 13.0. The molecule has 18 heavy (non-hydrogen) atoms. The number of nitrogens with one attached hydrogen (secondary N) is 1. The van der Waals surface area contributed by atoms with E-state index in [1.54, 1.807) is 12.1 Å². The number of rotatable bonds is 5. The lowest BCUT2D eigenvalue weighted by Crippen LogP contribution is -2.24. The average molecular weight is 247 g/mol. The van der Waals surface area contributed by atoms with Crippen molar-refractivity contribution in [2.45, 2.75) is 45.1 Å². The molecule has 1 aromatic rings. The Hall–Kier alpha value is -1.15. The molecular formula is C16H22FN. The highest BCUT2D eigenvalue weighted by molar-refractivity contribution is 5.29. The number of halogens is 1. The Balaban J connectivity index is 2.18. The molecule has 1 aromatic carbocycles. The van der Waals surface area contributed by atoms with Crippen LogP contribution in [0, 0.1) is 5.82 Å². The van der Waals surface area contributed by atoms with Gasteiger partial charge >= 0.3 is 0 Å². The van der Waals surface area contributed by atoms with Crippen LogP contribution in [0.4, 0.5) is 4.39 Å². The summed E-state index contributed by atoms with van der Waals surface area (Å²) in [6.45, 7) is 3.17. The number of hydrogen-bond donors (Lipinski definition) is 1. The van der Waals surface area contributed by atoms with Gasteiger partial charge in [-0.15, -0.1) is 0 Å². The van der Waals surface area contributed by atoms with E-state index in [1.807, 2.05) is 12.1 Å². The largest absolute Gasteiger partial charge is 0.307 e. The molecule has 1 atom stereocenters. The summed E-state index contributed by atoms with van der Waals surface area (Å²) in [5, 5.41) is 3.58. The molecule has 1 aliphatic rings. The summed E-state index contributed by atoms with van der Waals surface area (Å²) in [5.74, 6) is -0.161. The molecule has 0 spiro atoms. The van der Waals surface area contributed by atoms with Crippen molar-refractivity contribution in [3.63, 3.8) is 0 Å². The van der Waals surface area contributed by atoms with E-state index in [1.165, 1.54) is 36.8 Å². The highest BCUT2D eigenvalue weighted by atomic mass is 19.1. The van der Waals surface area contributed by atoms with Crippen LogP contribution in [0.3, 0.4) is 0 Å². The third kappa shape index (κ3) is 3.42. The van der Waals surface area contributed by atoms with Gasteiger partial charge < -0.3 is 5.32 Å². The molecular weight excluding hydrogens is 225 g/mol. The first-order valence-electron chi connectivity index (χ1n) is 6.99. The minimum atomic E-state index is -0.161. The third-order valence-corrected chi connectivity index (χ3v) is 3.50. The Bertz CT molecular complexity index is 394. The van der Waals surface area contributed by atoms with Crippen LogP contribution in [0.25, 0.3) is 0 Å². The molecule has 0 saturated carbocycles. The van der Waals surface area contributed by atoms with Crippen molar-refractivity contribution in [1.29, 1.82) is 0 Å². The minimum absolute atomic E-state index is 0.161. The van der Waals surface area contributed by atoms with Gasteiger partial charge in [-0.05, 0) is 56.3 Å². The van der Waals surface area contributed by atoms with E-state index in [9.17, 15) is 4.39 Å². The van der Waals surface area contributed by atoms with Gasteiger partial charge in [0.1, 0.15) is 5.82 Å². The van der Waals surface area contributed by atoms with Gasteiger partial charge in [-0.2, -0.15) is 0 Å². The van der Waals surface area contributed by atoms with Gasteiger partial charge in [-0.3, -0.25) is 0 Å². The predicted molar refractivity (Wildman–Crippen MR) is 74.0 cm³/mol. The van der Waals surface area contributed by atoms with E-state index < -0.39 is 0 Å². The maximum Gasteiger partial charge on any atom is 0.123 e. The summed E-state index contributed by atoms with van der Waals surface area (Å²) < 4.78 is 13.0. The van der Waals surface area contributed by atoms with Crippen molar-refractivity contribution < 1.29 is 4.39 Å². The van der Waals surface area contributed by atoms with E-state index in [-0.39, 0.29) is 11.9 Å². The molecule has 98 valence electrons. The second-order valence-corrected chi connectivity index (χ2v) is 4.96. The molecule has 0 bridgehead atoms. The normalized spacial score (nSPS) is 17.3. The molecule has 0 saturated heterocycles. The quantitative estimate of drug-likeness (QED) is 0.762. The van der Waals surface area contributed by atoms with Crippen LogP contribution in [-0.4, -0.2) is 6.54 Å². The average Bonchev–Trinajstić information content (AvgIpc) is 2.42. The van der Waals surface area contributed by atoms with Crippen molar-refractivity contribution in [2.24, 2.45) is 0 Å². The Morgan fingerprint density at radius 1 is 1.22 bits per heavy atom. The van der Waals surface area contributed by atoms with Crippen LogP contribution in [-0.2, 0) is 0 Å². The first-order valence-corrected chi connectivity index (χ1v) is 6.99. The SMILES string of the molecule is CCCNC(C1=CCCCC1)c1ccc(F)cc1. The molecule has 1 N–H and O–H groups in total. The van der Waals surface area contributed by atoms with Crippen LogP contribution in [0.2, 0.25) is 0 Å². The van der Waals surface area contributed by atoms with E-state index in [4.69, 9.17) is 0 Å². The molecule has 1 unspecified atom stereocenters. The lowest BCUT2D eigenvalue weighted by molar-refractivity contribution is 0.545. The zero-order valence-corrected chi connectivity index (χ0v) is 11.1. The second-order valence-electron chi connectivity index (χ2n) is 4.96. The van der Waals surface area contributed by atoms with Gasteiger partial charge in [0.25, 0.3) is 0 Å². The van der Waals surface area contributed by atoms with Gasteiger partial charge in [0, 0.05) is 0 Å². The Morgan fingerprint density at radius 3 is 2.61 bits per heavy atom. The highest BCUT2D eigenvalue weighted by Gasteiger charge is 2.17. The lowest BCUT2D eigenvalue weighted by atomic mass is 9.90. The van der Waals surface area contributed by atoms with E-state index in [0.717, 1.165) is 13.0 Å².